The highest BCUT2D eigenvalue weighted by molar-refractivity contribution is 6.64. The van der Waals surface area contributed by atoms with Gasteiger partial charge in [-0.05, 0) is 29.6 Å². The Hall–Kier alpha value is -1.20. The molecule has 0 aromatic carbocycles. The molecule has 16 heavy (non-hydrogen) atoms. The number of carbonyl (C=O) groups excluding carboxylic acids is 2. The van der Waals surface area contributed by atoms with E-state index >= 15 is 0 Å². The van der Waals surface area contributed by atoms with Crippen LogP contribution < -0.4 is 0 Å². The quantitative estimate of drug-likeness (QED) is 0.795. The SMILES string of the molecule is O=C(Cl)CCC(C(=O)Cl)n1c(O)ccc1O. The van der Waals surface area contributed by atoms with E-state index in [-0.39, 0.29) is 24.6 Å². The molecule has 1 aromatic rings. The average molecular weight is 266 g/mol. The van der Waals surface area contributed by atoms with E-state index in [0.29, 0.717) is 0 Å². The van der Waals surface area contributed by atoms with Gasteiger partial charge < -0.3 is 10.2 Å². The van der Waals surface area contributed by atoms with Crippen LogP contribution in [0.5, 0.6) is 11.8 Å². The van der Waals surface area contributed by atoms with Gasteiger partial charge in [-0.3, -0.25) is 14.2 Å². The number of nitrogens with zero attached hydrogens (tertiary/aromatic N) is 1. The van der Waals surface area contributed by atoms with Crippen LogP contribution in [0.15, 0.2) is 12.1 Å². The van der Waals surface area contributed by atoms with E-state index in [9.17, 15) is 19.8 Å². The molecule has 1 atom stereocenters. The van der Waals surface area contributed by atoms with E-state index in [1.807, 2.05) is 0 Å². The van der Waals surface area contributed by atoms with Crippen molar-refractivity contribution in [2.75, 3.05) is 0 Å². The predicted octanol–water partition coefficient (Wildman–Crippen LogP) is 1.75. The van der Waals surface area contributed by atoms with E-state index in [0.717, 1.165) is 4.57 Å². The Morgan fingerprint density at radius 1 is 1.25 bits per heavy atom. The van der Waals surface area contributed by atoms with Gasteiger partial charge in [0.05, 0.1) is 0 Å². The first-order valence-electron chi connectivity index (χ1n) is 4.40. The topological polar surface area (TPSA) is 79.5 Å². The minimum absolute atomic E-state index is 0.0144. The maximum absolute atomic E-state index is 11.1. The van der Waals surface area contributed by atoms with Gasteiger partial charge in [0, 0.05) is 18.6 Å². The Kier molecular flexibility index (Phi) is 4.20. The summed E-state index contributed by atoms with van der Waals surface area (Å²) in [5.74, 6) is -0.614. The molecule has 0 radical (unpaired) electrons. The molecule has 0 saturated carbocycles. The van der Waals surface area contributed by atoms with Crippen molar-refractivity contribution in [2.45, 2.75) is 18.9 Å². The van der Waals surface area contributed by atoms with Crippen LogP contribution in [0.4, 0.5) is 0 Å². The molecule has 88 valence electrons. The van der Waals surface area contributed by atoms with E-state index in [1.54, 1.807) is 0 Å². The van der Waals surface area contributed by atoms with E-state index in [2.05, 4.69) is 0 Å². The molecule has 0 spiro atoms. The maximum Gasteiger partial charge on any atom is 0.244 e. The number of aromatic hydroxyl groups is 2. The zero-order chi connectivity index (χ0) is 12.3. The summed E-state index contributed by atoms with van der Waals surface area (Å²) in [5.41, 5.74) is 0. The van der Waals surface area contributed by atoms with Crippen molar-refractivity contribution in [1.29, 1.82) is 0 Å². The summed E-state index contributed by atoms with van der Waals surface area (Å²) in [6, 6.07) is 1.41. The maximum atomic E-state index is 11.1. The van der Waals surface area contributed by atoms with Crippen molar-refractivity contribution >= 4 is 33.7 Å². The molecule has 5 nitrogen and oxygen atoms in total. The summed E-state index contributed by atoms with van der Waals surface area (Å²) in [7, 11) is 0. The fourth-order valence-electron chi connectivity index (χ4n) is 1.34. The first kappa shape index (κ1) is 12.9. The Balaban J connectivity index is 2.94. The van der Waals surface area contributed by atoms with Crippen LogP contribution in [0.1, 0.15) is 18.9 Å². The standard InChI is InChI=1S/C9H9Cl2NO4/c10-6(13)2-1-5(9(11)16)12-7(14)3-4-8(12)15/h3-5,14-15H,1-2H2. The predicted molar refractivity (Wildman–Crippen MR) is 57.8 cm³/mol. The molecule has 0 aliphatic heterocycles. The third-order valence-electron chi connectivity index (χ3n) is 2.06. The third-order valence-corrected chi connectivity index (χ3v) is 2.50. The largest absolute Gasteiger partial charge is 0.494 e. The second-order valence-electron chi connectivity index (χ2n) is 3.13. The zero-order valence-electron chi connectivity index (χ0n) is 8.06. The van der Waals surface area contributed by atoms with E-state index in [4.69, 9.17) is 23.2 Å². The Morgan fingerprint density at radius 2 is 1.75 bits per heavy atom. The first-order valence-corrected chi connectivity index (χ1v) is 5.16. The van der Waals surface area contributed by atoms with E-state index in [1.165, 1.54) is 12.1 Å². The normalized spacial score (nSPS) is 12.4. The molecule has 1 heterocycles. The molecule has 7 heteroatoms. The molecule has 0 saturated heterocycles. The van der Waals surface area contributed by atoms with Gasteiger partial charge in [0.15, 0.2) is 11.8 Å². The second-order valence-corrected chi connectivity index (χ2v) is 3.93. The number of halogens is 2. The summed E-state index contributed by atoms with van der Waals surface area (Å²) in [5, 5.41) is 17.4. The lowest BCUT2D eigenvalue weighted by Crippen LogP contribution is -2.15. The molecule has 0 aliphatic rings. The lowest BCUT2D eigenvalue weighted by atomic mass is 10.2. The van der Waals surface area contributed by atoms with Crippen molar-refractivity contribution in [2.24, 2.45) is 0 Å². The van der Waals surface area contributed by atoms with Crippen molar-refractivity contribution in [1.82, 2.24) is 4.57 Å². The minimum Gasteiger partial charge on any atom is -0.494 e. The molecule has 1 aromatic heterocycles. The van der Waals surface area contributed by atoms with Crippen LogP contribution in [-0.4, -0.2) is 25.3 Å². The Bertz CT molecular complexity index is 396. The summed E-state index contributed by atoms with van der Waals surface area (Å²) < 4.78 is 0.940. The molecule has 0 aliphatic carbocycles. The number of carbonyl (C=O) groups is 2. The molecule has 0 amide bonds. The fraction of sp³-hybridized carbons (Fsp3) is 0.333. The van der Waals surface area contributed by atoms with Crippen molar-refractivity contribution in [3.05, 3.63) is 12.1 Å². The summed E-state index contributed by atoms with van der Waals surface area (Å²) in [6.45, 7) is 0. The highest BCUT2D eigenvalue weighted by Gasteiger charge is 2.23. The van der Waals surface area contributed by atoms with Crippen LogP contribution >= 0.6 is 23.2 Å². The van der Waals surface area contributed by atoms with Crippen molar-refractivity contribution in [3.63, 3.8) is 0 Å². The van der Waals surface area contributed by atoms with Crippen LogP contribution in [0, 0.1) is 0 Å². The monoisotopic (exact) mass is 265 g/mol. The third kappa shape index (κ3) is 2.90. The average Bonchev–Trinajstić information content (AvgIpc) is 2.48. The van der Waals surface area contributed by atoms with Gasteiger partial charge in [-0.25, -0.2) is 0 Å². The van der Waals surface area contributed by atoms with Gasteiger partial charge in [-0.2, -0.15) is 0 Å². The Labute approximate surface area is 101 Å². The van der Waals surface area contributed by atoms with Crippen LogP contribution in [0.2, 0.25) is 0 Å². The van der Waals surface area contributed by atoms with Crippen molar-refractivity contribution < 1.29 is 19.8 Å². The van der Waals surface area contributed by atoms with Gasteiger partial charge in [0.2, 0.25) is 10.5 Å². The molecule has 1 unspecified atom stereocenters. The van der Waals surface area contributed by atoms with Gasteiger partial charge in [0.1, 0.15) is 6.04 Å². The highest BCUT2D eigenvalue weighted by Crippen LogP contribution is 2.30. The lowest BCUT2D eigenvalue weighted by Gasteiger charge is -2.15. The molecule has 0 bridgehead atoms. The smallest absolute Gasteiger partial charge is 0.244 e. The lowest BCUT2D eigenvalue weighted by molar-refractivity contribution is -0.115. The number of aromatic nitrogens is 1. The van der Waals surface area contributed by atoms with Gasteiger partial charge in [-0.1, -0.05) is 0 Å². The van der Waals surface area contributed by atoms with Gasteiger partial charge in [0.25, 0.3) is 0 Å². The highest BCUT2D eigenvalue weighted by atomic mass is 35.5. The van der Waals surface area contributed by atoms with Gasteiger partial charge >= 0.3 is 0 Å². The van der Waals surface area contributed by atoms with Crippen LogP contribution in [-0.2, 0) is 9.59 Å². The van der Waals surface area contributed by atoms with Crippen LogP contribution in [0.3, 0.4) is 0 Å². The second kappa shape index (κ2) is 5.23. The number of hydrogen-bond donors (Lipinski definition) is 2. The molecular weight excluding hydrogens is 257 g/mol. The molecule has 1 rings (SSSR count). The number of hydrogen-bond acceptors (Lipinski definition) is 4. The summed E-state index contributed by atoms with van der Waals surface area (Å²) >= 11 is 10.5. The first-order chi connectivity index (χ1) is 7.43. The minimum atomic E-state index is -1.01. The van der Waals surface area contributed by atoms with Gasteiger partial charge in [-0.15, -0.1) is 0 Å². The van der Waals surface area contributed by atoms with Crippen LogP contribution in [0.25, 0.3) is 0 Å². The summed E-state index contributed by atoms with van der Waals surface area (Å²) in [4.78, 5) is 21.7. The van der Waals surface area contributed by atoms with E-state index < -0.39 is 16.5 Å². The zero-order valence-corrected chi connectivity index (χ0v) is 9.57. The van der Waals surface area contributed by atoms with Crippen molar-refractivity contribution in [3.8, 4) is 11.8 Å². The summed E-state index contributed by atoms with van der Waals surface area (Å²) in [6.07, 6.45) is -0.0673. The Morgan fingerprint density at radius 3 is 2.12 bits per heavy atom. The fourth-order valence-corrected chi connectivity index (χ4v) is 1.66. The molecule has 0 fully saturated rings. The molecular formula is C9H9Cl2NO4. The molecule has 2 N–H and O–H groups in total. The number of rotatable bonds is 5.